The van der Waals surface area contributed by atoms with Gasteiger partial charge in [-0.2, -0.15) is 18.2 Å². The summed E-state index contributed by atoms with van der Waals surface area (Å²) in [6, 6.07) is 3.99. The van der Waals surface area contributed by atoms with Crippen molar-refractivity contribution in [2.24, 2.45) is 0 Å². The summed E-state index contributed by atoms with van der Waals surface area (Å²) in [6.07, 6.45) is -4.43. The molecule has 194 valence electrons. The molecule has 0 saturated heterocycles. The first kappa shape index (κ1) is 25.7. The minimum absolute atomic E-state index is 0.0535. The number of nitrogens with zero attached hydrogens (tertiary/aromatic N) is 6. The standard InChI is InChI=1S/C22H23F5N6O3/c1-31(12-5-13(32(2)36)9-21(23,24)8-12)19-4-3-16(29-30-19)14-6-17-15(7-18(14)34)20(35)33(11-28-17)10-22(25,26)27/h3-4,6-7,11-13,34,36H,5,8-10H2,1-2H3/t12-,13?/m0/s1. The number of benzene rings is 1. The Kier molecular flexibility index (Phi) is 6.60. The van der Waals surface area contributed by atoms with Crippen molar-refractivity contribution in [3.63, 3.8) is 0 Å². The van der Waals surface area contributed by atoms with Crippen LogP contribution in [-0.4, -0.2) is 73.4 Å². The number of phenols is 1. The number of hydrogen-bond acceptors (Lipinski definition) is 8. The van der Waals surface area contributed by atoms with Crippen LogP contribution in [0.4, 0.5) is 27.8 Å². The number of hydrogen-bond donors (Lipinski definition) is 2. The highest BCUT2D eigenvalue weighted by Crippen LogP contribution is 2.38. The molecule has 2 N–H and O–H groups in total. The van der Waals surface area contributed by atoms with Gasteiger partial charge in [0.05, 0.1) is 22.9 Å². The Morgan fingerprint density at radius 3 is 2.44 bits per heavy atom. The molecular weight excluding hydrogens is 491 g/mol. The van der Waals surface area contributed by atoms with E-state index >= 15 is 0 Å². The summed E-state index contributed by atoms with van der Waals surface area (Å²) in [7, 11) is 2.92. The Balaban J connectivity index is 1.60. The normalized spacial score (nSPS) is 20.1. The van der Waals surface area contributed by atoms with Crippen LogP contribution >= 0.6 is 0 Å². The van der Waals surface area contributed by atoms with Crippen molar-refractivity contribution < 1.29 is 32.3 Å². The Hall–Kier alpha value is -3.39. The highest BCUT2D eigenvalue weighted by atomic mass is 19.4. The predicted molar refractivity (Wildman–Crippen MR) is 119 cm³/mol. The van der Waals surface area contributed by atoms with Gasteiger partial charge in [0, 0.05) is 44.6 Å². The van der Waals surface area contributed by atoms with E-state index in [1.807, 2.05) is 0 Å². The minimum Gasteiger partial charge on any atom is -0.507 e. The van der Waals surface area contributed by atoms with Crippen molar-refractivity contribution in [1.29, 1.82) is 0 Å². The first-order valence-electron chi connectivity index (χ1n) is 10.9. The van der Waals surface area contributed by atoms with Gasteiger partial charge in [0.2, 0.25) is 0 Å². The first-order valence-corrected chi connectivity index (χ1v) is 10.9. The fourth-order valence-electron chi connectivity index (χ4n) is 4.38. The molecule has 9 nitrogen and oxygen atoms in total. The average molecular weight is 514 g/mol. The van der Waals surface area contributed by atoms with Crippen molar-refractivity contribution in [2.45, 2.75) is 50.0 Å². The SMILES string of the molecule is CN(O)C1C[C@H](N(C)c2ccc(-c3cc4ncn(CC(F)(F)F)c(=O)c4cc3O)nn2)CC(F)(F)C1. The zero-order valence-electron chi connectivity index (χ0n) is 19.2. The molecule has 4 rings (SSSR count). The number of phenolic OH excluding ortho intramolecular Hbond substituents is 1. The van der Waals surface area contributed by atoms with Gasteiger partial charge in [-0.25, -0.2) is 13.8 Å². The Morgan fingerprint density at radius 2 is 1.83 bits per heavy atom. The molecule has 1 saturated carbocycles. The van der Waals surface area contributed by atoms with E-state index in [1.54, 1.807) is 11.9 Å². The monoisotopic (exact) mass is 514 g/mol. The number of halogens is 5. The van der Waals surface area contributed by atoms with Gasteiger partial charge in [-0.05, 0) is 30.7 Å². The maximum atomic E-state index is 14.2. The molecule has 1 aliphatic rings. The number of hydroxylamine groups is 2. The van der Waals surface area contributed by atoms with E-state index in [-0.39, 0.29) is 34.4 Å². The lowest BCUT2D eigenvalue weighted by molar-refractivity contribution is -0.153. The molecule has 1 aliphatic carbocycles. The summed E-state index contributed by atoms with van der Waals surface area (Å²) < 4.78 is 66.9. The molecule has 0 spiro atoms. The smallest absolute Gasteiger partial charge is 0.406 e. The zero-order valence-corrected chi connectivity index (χ0v) is 19.2. The third kappa shape index (κ3) is 5.38. The molecule has 1 aromatic carbocycles. The van der Waals surface area contributed by atoms with Gasteiger partial charge in [0.25, 0.3) is 11.5 Å². The molecule has 2 atom stereocenters. The van der Waals surface area contributed by atoms with Crippen LogP contribution in [0.3, 0.4) is 0 Å². The van der Waals surface area contributed by atoms with Crippen LogP contribution in [0.25, 0.3) is 22.2 Å². The number of aromatic hydroxyl groups is 1. The molecule has 3 aromatic rings. The zero-order chi connectivity index (χ0) is 26.4. The largest absolute Gasteiger partial charge is 0.507 e. The number of rotatable bonds is 5. The van der Waals surface area contributed by atoms with Crippen molar-refractivity contribution in [3.8, 4) is 17.0 Å². The minimum atomic E-state index is -4.62. The molecular formula is C22H23F5N6O3. The lowest BCUT2D eigenvalue weighted by atomic mass is 9.87. The van der Waals surface area contributed by atoms with Gasteiger partial charge in [-0.3, -0.25) is 9.36 Å². The number of anilines is 1. The maximum absolute atomic E-state index is 14.2. The average Bonchev–Trinajstić information content (AvgIpc) is 2.79. The summed E-state index contributed by atoms with van der Waals surface area (Å²) in [6.45, 7) is -1.51. The van der Waals surface area contributed by atoms with Crippen LogP contribution in [-0.2, 0) is 6.54 Å². The summed E-state index contributed by atoms with van der Waals surface area (Å²) in [5.74, 6) is -3.09. The van der Waals surface area contributed by atoms with E-state index in [9.17, 15) is 37.1 Å². The molecule has 14 heteroatoms. The van der Waals surface area contributed by atoms with Crippen molar-refractivity contribution in [1.82, 2.24) is 24.8 Å². The molecule has 0 aliphatic heterocycles. The number of fused-ring (bicyclic) bond motifs is 1. The van der Waals surface area contributed by atoms with Gasteiger partial charge in [0.1, 0.15) is 12.3 Å². The molecule has 2 heterocycles. The summed E-state index contributed by atoms with van der Waals surface area (Å²) in [5, 5.41) is 28.8. The van der Waals surface area contributed by atoms with Gasteiger partial charge in [-0.1, -0.05) is 0 Å². The van der Waals surface area contributed by atoms with Crippen LogP contribution in [0, 0.1) is 0 Å². The van der Waals surface area contributed by atoms with Crippen LogP contribution < -0.4 is 10.5 Å². The maximum Gasteiger partial charge on any atom is 0.406 e. The van der Waals surface area contributed by atoms with Gasteiger partial charge < -0.3 is 15.2 Å². The lowest BCUT2D eigenvalue weighted by Gasteiger charge is -2.41. The van der Waals surface area contributed by atoms with Gasteiger partial charge in [0.15, 0.2) is 5.82 Å². The van der Waals surface area contributed by atoms with Crippen molar-refractivity contribution >= 4 is 16.7 Å². The lowest BCUT2D eigenvalue weighted by Crippen LogP contribution is -2.49. The molecule has 1 fully saturated rings. The first-order chi connectivity index (χ1) is 16.7. The molecule has 0 bridgehead atoms. The van der Waals surface area contributed by atoms with Gasteiger partial charge >= 0.3 is 6.18 Å². The van der Waals surface area contributed by atoms with Crippen LogP contribution in [0.5, 0.6) is 5.75 Å². The van der Waals surface area contributed by atoms with Crippen LogP contribution in [0.2, 0.25) is 0 Å². The summed E-state index contributed by atoms with van der Waals surface area (Å²) in [4.78, 5) is 17.8. The predicted octanol–water partition coefficient (Wildman–Crippen LogP) is 3.44. The quantitative estimate of drug-likeness (QED) is 0.394. The van der Waals surface area contributed by atoms with Crippen LogP contribution in [0.15, 0.2) is 35.4 Å². The molecule has 1 unspecified atom stereocenters. The second-order valence-electron chi connectivity index (χ2n) is 8.95. The number of aromatic nitrogens is 4. The fourth-order valence-corrected chi connectivity index (χ4v) is 4.38. The Morgan fingerprint density at radius 1 is 1.14 bits per heavy atom. The highest BCUT2D eigenvalue weighted by Gasteiger charge is 2.44. The van der Waals surface area contributed by atoms with Gasteiger partial charge in [-0.15, -0.1) is 10.2 Å². The fraction of sp³-hybridized carbons (Fsp3) is 0.455. The van der Waals surface area contributed by atoms with Crippen LogP contribution in [0.1, 0.15) is 19.3 Å². The van der Waals surface area contributed by atoms with E-state index in [0.717, 1.165) is 17.5 Å². The second-order valence-corrected chi connectivity index (χ2v) is 8.95. The van der Waals surface area contributed by atoms with E-state index < -0.39 is 54.9 Å². The Bertz CT molecular complexity index is 1310. The summed E-state index contributed by atoms with van der Waals surface area (Å²) in [5.41, 5.74) is -0.596. The Labute approximate surface area is 201 Å². The molecule has 0 amide bonds. The highest BCUT2D eigenvalue weighted by molar-refractivity contribution is 5.86. The third-order valence-corrected chi connectivity index (χ3v) is 6.27. The second kappa shape index (κ2) is 9.24. The van der Waals surface area contributed by atoms with E-state index in [1.165, 1.54) is 25.2 Å². The van der Waals surface area contributed by atoms with E-state index in [0.29, 0.717) is 4.57 Å². The van der Waals surface area contributed by atoms with E-state index in [4.69, 9.17) is 0 Å². The molecule has 36 heavy (non-hydrogen) atoms. The topological polar surface area (TPSA) is 108 Å². The van der Waals surface area contributed by atoms with Crippen molar-refractivity contribution in [3.05, 3.63) is 40.9 Å². The molecule has 0 radical (unpaired) electrons. The summed E-state index contributed by atoms with van der Waals surface area (Å²) >= 11 is 0. The number of alkyl halides is 5. The van der Waals surface area contributed by atoms with Crippen molar-refractivity contribution in [2.75, 3.05) is 19.0 Å². The third-order valence-electron chi connectivity index (χ3n) is 6.27. The van der Waals surface area contributed by atoms with E-state index in [2.05, 4.69) is 15.2 Å². The molecule has 2 aromatic heterocycles.